The summed E-state index contributed by atoms with van der Waals surface area (Å²) in [4.78, 5) is 0. The summed E-state index contributed by atoms with van der Waals surface area (Å²) in [6, 6.07) is 6.24. The molecule has 0 aliphatic carbocycles. The Balaban J connectivity index is 2.94. The number of phenolic OH excluding ortho intramolecular Hbond substituents is 2. The van der Waals surface area contributed by atoms with Crippen molar-refractivity contribution in [3.05, 3.63) is 34.3 Å². The van der Waals surface area contributed by atoms with E-state index in [1.165, 1.54) is 12.1 Å². The van der Waals surface area contributed by atoms with E-state index in [1.54, 1.807) is 12.1 Å². The predicted molar refractivity (Wildman–Crippen MR) is 57.3 cm³/mol. The lowest BCUT2D eigenvalue weighted by Crippen LogP contribution is -1.77. The summed E-state index contributed by atoms with van der Waals surface area (Å²) in [6.45, 7) is 0. The molecular formula is C10H6Cl2O2. The van der Waals surface area contributed by atoms with Crippen LogP contribution in [-0.2, 0) is 0 Å². The van der Waals surface area contributed by atoms with Crippen molar-refractivity contribution in [2.45, 2.75) is 0 Å². The normalized spacial score (nSPS) is 10.7. The first-order valence-corrected chi connectivity index (χ1v) is 4.65. The zero-order chi connectivity index (χ0) is 10.3. The Labute approximate surface area is 90.3 Å². The summed E-state index contributed by atoms with van der Waals surface area (Å²) in [6.07, 6.45) is 0. The standard InChI is InChI=1S/C10H6Cl2O2/c11-7-3-1-5-6(10(7)14)2-4-8(12)9(5)13/h1-4,13-14H. The van der Waals surface area contributed by atoms with Gasteiger partial charge in [-0.2, -0.15) is 0 Å². The predicted octanol–water partition coefficient (Wildman–Crippen LogP) is 3.56. The molecule has 2 aromatic rings. The van der Waals surface area contributed by atoms with Crippen LogP contribution in [0.3, 0.4) is 0 Å². The highest BCUT2D eigenvalue weighted by Gasteiger charge is 2.09. The van der Waals surface area contributed by atoms with E-state index in [1.807, 2.05) is 0 Å². The molecule has 14 heavy (non-hydrogen) atoms. The zero-order valence-corrected chi connectivity index (χ0v) is 8.47. The van der Waals surface area contributed by atoms with Gasteiger partial charge in [-0.15, -0.1) is 0 Å². The van der Waals surface area contributed by atoms with Crippen molar-refractivity contribution in [2.24, 2.45) is 0 Å². The maximum atomic E-state index is 9.59. The Bertz CT molecular complexity index is 462. The lowest BCUT2D eigenvalue weighted by molar-refractivity contribution is 0.476. The van der Waals surface area contributed by atoms with Crippen molar-refractivity contribution in [2.75, 3.05) is 0 Å². The van der Waals surface area contributed by atoms with Crippen LogP contribution in [-0.4, -0.2) is 10.2 Å². The second-order valence-electron chi connectivity index (χ2n) is 2.89. The van der Waals surface area contributed by atoms with E-state index in [0.717, 1.165) is 0 Å². The largest absolute Gasteiger partial charge is 0.506 e. The molecular weight excluding hydrogens is 223 g/mol. The molecule has 72 valence electrons. The Morgan fingerprint density at radius 2 is 1.07 bits per heavy atom. The van der Waals surface area contributed by atoms with Crippen molar-refractivity contribution in [3.8, 4) is 11.5 Å². The van der Waals surface area contributed by atoms with Gasteiger partial charge in [-0.1, -0.05) is 23.2 Å². The van der Waals surface area contributed by atoms with Crippen LogP contribution in [0.15, 0.2) is 24.3 Å². The van der Waals surface area contributed by atoms with Crippen LogP contribution in [0.1, 0.15) is 0 Å². The number of phenols is 2. The third-order valence-electron chi connectivity index (χ3n) is 2.05. The first-order chi connectivity index (χ1) is 6.61. The second-order valence-corrected chi connectivity index (χ2v) is 3.70. The van der Waals surface area contributed by atoms with Gasteiger partial charge in [-0.25, -0.2) is 0 Å². The van der Waals surface area contributed by atoms with Crippen molar-refractivity contribution >= 4 is 34.0 Å². The van der Waals surface area contributed by atoms with Crippen LogP contribution in [0.4, 0.5) is 0 Å². The minimum Gasteiger partial charge on any atom is -0.506 e. The fraction of sp³-hybridized carbons (Fsp3) is 0. The summed E-state index contributed by atoms with van der Waals surface area (Å²) in [5.74, 6) is -0.0905. The lowest BCUT2D eigenvalue weighted by Gasteiger charge is -2.05. The van der Waals surface area contributed by atoms with Gasteiger partial charge < -0.3 is 10.2 Å². The monoisotopic (exact) mass is 228 g/mol. The molecule has 2 rings (SSSR count). The summed E-state index contributed by atoms with van der Waals surface area (Å²) in [5, 5.41) is 20.6. The topological polar surface area (TPSA) is 40.5 Å². The molecule has 0 radical (unpaired) electrons. The molecule has 0 saturated carbocycles. The summed E-state index contributed by atoms with van der Waals surface area (Å²) in [5.41, 5.74) is 0. The van der Waals surface area contributed by atoms with Gasteiger partial charge in [0.2, 0.25) is 0 Å². The molecule has 2 nitrogen and oxygen atoms in total. The molecule has 0 aliphatic heterocycles. The minimum atomic E-state index is -0.0452. The van der Waals surface area contributed by atoms with Crippen molar-refractivity contribution in [1.82, 2.24) is 0 Å². The van der Waals surface area contributed by atoms with E-state index in [2.05, 4.69) is 0 Å². The van der Waals surface area contributed by atoms with Crippen LogP contribution < -0.4 is 0 Å². The van der Waals surface area contributed by atoms with Gasteiger partial charge in [0.25, 0.3) is 0 Å². The number of rotatable bonds is 0. The number of halogens is 2. The molecule has 4 heteroatoms. The number of benzene rings is 2. The van der Waals surface area contributed by atoms with Crippen LogP contribution in [0.25, 0.3) is 10.8 Å². The summed E-state index contributed by atoms with van der Waals surface area (Å²) < 4.78 is 0. The van der Waals surface area contributed by atoms with Crippen molar-refractivity contribution in [3.63, 3.8) is 0 Å². The van der Waals surface area contributed by atoms with Gasteiger partial charge in [0.1, 0.15) is 11.5 Å². The molecule has 0 heterocycles. The molecule has 2 aromatic carbocycles. The van der Waals surface area contributed by atoms with Gasteiger partial charge >= 0.3 is 0 Å². The molecule has 0 bridgehead atoms. The first-order valence-electron chi connectivity index (χ1n) is 3.90. The van der Waals surface area contributed by atoms with E-state index in [4.69, 9.17) is 23.2 Å². The summed E-state index contributed by atoms with van der Waals surface area (Å²) >= 11 is 11.4. The SMILES string of the molecule is Oc1c(Cl)ccc2c(O)c(Cl)ccc12. The second kappa shape index (κ2) is 3.23. The molecule has 0 aromatic heterocycles. The quantitative estimate of drug-likeness (QED) is 0.724. The highest BCUT2D eigenvalue weighted by molar-refractivity contribution is 6.35. The number of fused-ring (bicyclic) bond motifs is 1. The van der Waals surface area contributed by atoms with Gasteiger partial charge in [0.05, 0.1) is 10.0 Å². The Hall–Kier alpha value is -1.12. The van der Waals surface area contributed by atoms with Crippen molar-refractivity contribution in [1.29, 1.82) is 0 Å². The smallest absolute Gasteiger partial charge is 0.142 e. The third kappa shape index (κ3) is 1.27. The van der Waals surface area contributed by atoms with Gasteiger partial charge in [0, 0.05) is 10.8 Å². The van der Waals surface area contributed by atoms with Crippen LogP contribution >= 0.6 is 23.2 Å². The number of aromatic hydroxyl groups is 2. The average Bonchev–Trinajstić information content (AvgIpc) is 2.17. The fourth-order valence-electron chi connectivity index (χ4n) is 1.32. The van der Waals surface area contributed by atoms with Gasteiger partial charge in [-0.3, -0.25) is 0 Å². The van der Waals surface area contributed by atoms with E-state index >= 15 is 0 Å². The molecule has 0 saturated heterocycles. The molecule has 0 spiro atoms. The summed E-state index contributed by atoms with van der Waals surface area (Å²) in [7, 11) is 0. The molecule has 0 atom stereocenters. The average molecular weight is 229 g/mol. The highest BCUT2D eigenvalue weighted by Crippen LogP contribution is 2.39. The highest BCUT2D eigenvalue weighted by atomic mass is 35.5. The molecule has 0 unspecified atom stereocenters. The minimum absolute atomic E-state index is 0.0452. The number of hydrogen-bond donors (Lipinski definition) is 2. The number of hydrogen-bond acceptors (Lipinski definition) is 2. The van der Waals surface area contributed by atoms with Crippen molar-refractivity contribution < 1.29 is 10.2 Å². The van der Waals surface area contributed by atoms with E-state index in [9.17, 15) is 10.2 Å². The fourth-order valence-corrected chi connectivity index (χ4v) is 1.65. The van der Waals surface area contributed by atoms with E-state index < -0.39 is 0 Å². The molecule has 0 amide bonds. The Morgan fingerprint density at radius 3 is 1.43 bits per heavy atom. The Morgan fingerprint density at radius 1 is 0.714 bits per heavy atom. The van der Waals surface area contributed by atoms with E-state index in [-0.39, 0.29) is 21.5 Å². The van der Waals surface area contributed by atoms with Gasteiger partial charge in [0.15, 0.2) is 0 Å². The Kier molecular flexibility index (Phi) is 2.17. The molecule has 2 N–H and O–H groups in total. The first kappa shape index (κ1) is 9.44. The maximum Gasteiger partial charge on any atom is 0.142 e. The van der Waals surface area contributed by atoms with Crippen LogP contribution in [0.2, 0.25) is 10.0 Å². The lowest BCUT2D eigenvalue weighted by atomic mass is 10.1. The zero-order valence-electron chi connectivity index (χ0n) is 6.96. The van der Waals surface area contributed by atoms with Crippen LogP contribution in [0, 0.1) is 0 Å². The third-order valence-corrected chi connectivity index (χ3v) is 2.66. The van der Waals surface area contributed by atoms with Gasteiger partial charge in [-0.05, 0) is 24.3 Å². The molecule has 0 aliphatic rings. The van der Waals surface area contributed by atoms with E-state index in [0.29, 0.717) is 10.8 Å². The van der Waals surface area contributed by atoms with Crippen LogP contribution in [0.5, 0.6) is 11.5 Å². The maximum absolute atomic E-state index is 9.59. The molecule has 0 fully saturated rings.